The number of methoxy groups -OCH3 is 1. The van der Waals surface area contributed by atoms with Gasteiger partial charge in [0.25, 0.3) is 0 Å². The minimum atomic E-state index is -0.0157. The van der Waals surface area contributed by atoms with E-state index in [-0.39, 0.29) is 6.61 Å². The normalized spacial score (nSPS) is 10.7. The molecule has 0 amide bonds. The van der Waals surface area contributed by atoms with Crippen LogP contribution >= 0.6 is 22.9 Å². The van der Waals surface area contributed by atoms with Gasteiger partial charge in [0.15, 0.2) is 18.1 Å². The molecule has 0 aliphatic heterocycles. The summed E-state index contributed by atoms with van der Waals surface area (Å²) in [4.78, 5) is 4.62. The standard InChI is InChI=1S/C20H15ClN2O2S/c1-24-19-12-14(2-8-18(19)25-11-10-22)3-9-20-23-17(13-26-20)15-4-6-16(21)7-5-15/h2-9,12-13H,11H2,1H3. The molecule has 4 nitrogen and oxygen atoms in total. The molecule has 0 aliphatic carbocycles. The van der Waals surface area contributed by atoms with Gasteiger partial charge in [-0.2, -0.15) is 5.26 Å². The van der Waals surface area contributed by atoms with Gasteiger partial charge in [0.05, 0.1) is 12.8 Å². The van der Waals surface area contributed by atoms with Crippen LogP contribution in [0.25, 0.3) is 23.4 Å². The van der Waals surface area contributed by atoms with Gasteiger partial charge in [-0.15, -0.1) is 11.3 Å². The Morgan fingerprint density at radius 3 is 2.69 bits per heavy atom. The Labute approximate surface area is 160 Å². The first-order valence-corrected chi connectivity index (χ1v) is 9.02. The first-order valence-electron chi connectivity index (χ1n) is 7.77. The van der Waals surface area contributed by atoms with E-state index in [1.54, 1.807) is 24.5 Å². The summed E-state index contributed by atoms with van der Waals surface area (Å²) in [5.41, 5.74) is 2.91. The van der Waals surface area contributed by atoms with Crippen molar-refractivity contribution in [2.75, 3.05) is 13.7 Å². The van der Waals surface area contributed by atoms with E-state index in [0.717, 1.165) is 21.8 Å². The molecule has 1 aromatic heterocycles. The average molecular weight is 383 g/mol. The topological polar surface area (TPSA) is 55.1 Å². The van der Waals surface area contributed by atoms with Crippen LogP contribution < -0.4 is 9.47 Å². The third kappa shape index (κ3) is 4.42. The third-order valence-corrected chi connectivity index (χ3v) is 4.62. The van der Waals surface area contributed by atoms with Crippen molar-refractivity contribution >= 4 is 35.1 Å². The van der Waals surface area contributed by atoms with E-state index < -0.39 is 0 Å². The molecule has 3 rings (SSSR count). The highest BCUT2D eigenvalue weighted by atomic mass is 35.5. The third-order valence-electron chi connectivity index (χ3n) is 3.56. The lowest BCUT2D eigenvalue weighted by Crippen LogP contribution is -1.96. The van der Waals surface area contributed by atoms with Crippen molar-refractivity contribution < 1.29 is 9.47 Å². The average Bonchev–Trinajstić information content (AvgIpc) is 3.14. The molecule has 26 heavy (non-hydrogen) atoms. The summed E-state index contributed by atoms with van der Waals surface area (Å²) in [5.74, 6) is 1.13. The van der Waals surface area contributed by atoms with Gasteiger partial charge >= 0.3 is 0 Å². The van der Waals surface area contributed by atoms with Crippen LogP contribution in [0.1, 0.15) is 10.6 Å². The van der Waals surface area contributed by atoms with Gasteiger partial charge in [0.2, 0.25) is 0 Å². The van der Waals surface area contributed by atoms with Crippen molar-refractivity contribution in [3.8, 4) is 28.8 Å². The SMILES string of the molecule is COc1cc(C=Cc2nc(-c3ccc(Cl)cc3)cs2)ccc1OCC#N. The van der Waals surface area contributed by atoms with Crippen molar-refractivity contribution in [1.82, 2.24) is 4.98 Å². The molecule has 0 radical (unpaired) electrons. The molecule has 130 valence electrons. The molecule has 0 saturated carbocycles. The maximum Gasteiger partial charge on any atom is 0.174 e. The van der Waals surface area contributed by atoms with Crippen LogP contribution in [0.3, 0.4) is 0 Å². The van der Waals surface area contributed by atoms with Crippen molar-refractivity contribution in [2.24, 2.45) is 0 Å². The molecule has 0 atom stereocenters. The Morgan fingerprint density at radius 1 is 1.15 bits per heavy atom. The van der Waals surface area contributed by atoms with Crippen LogP contribution in [0.15, 0.2) is 47.8 Å². The van der Waals surface area contributed by atoms with E-state index in [9.17, 15) is 0 Å². The zero-order valence-electron chi connectivity index (χ0n) is 14.0. The molecule has 1 heterocycles. The highest BCUT2D eigenvalue weighted by Gasteiger charge is 2.05. The van der Waals surface area contributed by atoms with Crippen LogP contribution in [-0.4, -0.2) is 18.7 Å². The van der Waals surface area contributed by atoms with Crippen molar-refractivity contribution in [3.05, 3.63) is 63.4 Å². The second-order valence-electron chi connectivity index (χ2n) is 5.27. The van der Waals surface area contributed by atoms with E-state index >= 15 is 0 Å². The summed E-state index contributed by atoms with van der Waals surface area (Å²) >= 11 is 7.49. The summed E-state index contributed by atoms with van der Waals surface area (Å²) in [5, 5.41) is 12.2. The number of nitrogens with zero attached hydrogens (tertiary/aromatic N) is 2. The van der Waals surface area contributed by atoms with Crippen LogP contribution in [0.4, 0.5) is 0 Å². The van der Waals surface area contributed by atoms with Crippen LogP contribution in [-0.2, 0) is 0 Å². The van der Waals surface area contributed by atoms with Crippen LogP contribution in [0.5, 0.6) is 11.5 Å². The van der Waals surface area contributed by atoms with Gasteiger partial charge in [-0.1, -0.05) is 35.9 Å². The Hall–Kier alpha value is -2.81. The predicted molar refractivity (Wildman–Crippen MR) is 106 cm³/mol. The minimum Gasteiger partial charge on any atom is -0.493 e. The lowest BCUT2D eigenvalue weighted by molar-refractivity contribution is 0.329. The first-order chi connectivity index (χ1) is 12.7. The molecule has 0 N–H and O–H groups in total. The van der Waals surface area contributed by atoms with E-state index in [2.05, 4.69) is 4.98 Å². The lowest BCUT2D eigenvalue weighted by Gasteiger charge is -2.08. The Bertz CT molecular complexity index is 959. The number of hydrogen-bond donors (Lipinski definition) is 0. The van der Waals surface area contributed by atoms with Crippen molar-refractivity contribution in [1.29, 1.82) is 5.26 Å². The summed E-state index contributed by atoms with van der Waals surface area (Å²) < 4.78 is 10.6. The fourth-order valence-electron chi connectivity index (χ4n) is 2.30. The molecule has 0 aliphatic rings. The highest BCUT2D eigenvalue weighted by Crippen LogP contribution is 2.29. The molecular formula is C20H15ClN2O2S. The Balaban J connectivity index is 1.76. The van der Waals surface area contributed by atoms with Crippen LogP contribution in [0.2, 0.25) is 5.02 Å². The van der Waals surface area contributed by atoms with Gasteiger partial charge in [0, 0.05) is 16.0 Å². The predicted octanol–water partition coefficient (Wildman–Crippen LogP) is 5.54. The number of thiazole rings is 1. The number of hydrogen-bond acceptors (Lipinski definition) is 5. The number of halogens is 1. The number of aromatic nitrogens is 1. The Kier molecular flexibility index (Phi) is 5.90. The number of nitriles is 1. The van der Waals surface area contributed by atoms with Gasteiger partial charge in [-0.3, -0.25) is 0 Å². The molecule has 0 unspecified atom stereocenters. The van der Waals surface area contributed by atoms with Gasteiger partial charge < -0.3 is 9.47 Å². The zero-order valence-corrected chi connectivity index (χ0v) is 15.6. The van der Waals surface area contributed by atoms with Crippen molar-refractivity contribution in [2.45, 2.75) is 0 Å². The maximum absolute atomic E-state index is 8.61. The van der Waals surface area contributed by atoms with Gasteiger partial charge in [0.1, 0.15) is 11.1 Å². The summed E-state index contributed by atoms with van der Waals surface area (Å²) in [6, 6.07) is 15.1. The second-order valence-corrected chi connectivity index (χ2v) is 6.59. The van der Waals surface area contributed by atoms with E-state index in [0.29, 0.717) is 16.5 Å². The zero-order chi connectivity index (χ0) is 18.4. The summed E-state index contributed by atoms with van der Waals surface area (Å²) in [6.07, 6.45) is 3.91. The van der Waals surface area contributed by atoms with E-state index in [4.69, 9.17) is 26.3 Å². The smallest absolute Gasteiger partial charge is 0.174 e. The number of ether oxygens (including phenoxy) is 2. The molecular weight excluding hydrogens is 368 g/mol. The highest BCUT2D eigenvalue weighted by molar-refractivity contribution is 7.10. The molecule has 6 heteroatoms. The van der Waals surface area contributed by atoms with Crippen molar-refractivity contribution in [3.63, 3.8) is 0 Å². The Morgan fingerprint density at radius 2 is 1.96 bits per heavy atom. The van der Waals surface area contributed by atoms with Gasteiger partial charge in [-0.05, 0) is 35.9 Å². The van der Waals surface area contributed by atoms with E-state index in [1.807, 2.05) is 60.0 Å². The van der Waals surface area contributed by atoms with Crippen LogP contribution in [0, 0.1) is 11.3 Å². The van der Waals surface area contributed by atoms with E-state index in [1.165, 1.54) is 0 Å². The minimum absolute atomic E-state index is 0.0157. The fourth-order valence-corrected chi connectivity index (χ4v) is 3.15. The molecule has 2 aromatic carbocycles. The largest absolute Gasteiger partial charge is 0.493 e. The number of rotatable bonds is 6. The summed E-state index contributed by atoms with van der Waals surface area (Å²) in [7, 11) is 1.57. The van der Waals surface area contributed by atoms with Gasteiger partial charge in [-0.25, -0.2) is 4.98 Å². The fraction of sp³-hybridized carbons (Fsp3) is 0.100. The molecule has 0 bridgehead atoms. The second kappa shape index (κ2) is 8.52. The number of benzene rings is 2. The quantitative estimate of drug-likeness (QED) is 0.561. The summed E-state index contributed by atoms with van der Waals surface area (Å²) in [6.45, 7) is -0.0157. The molecule has 0 spiro atoms. The monoisotopic (exact) mass is 382 g/mol. The maximum atomic E-state index is 8.61. The molecule has 0 fully saturated rings. The first kappa shape index (κ1) is 18.0. The molecule has 3 aromatic rings. The lowest BCUT2D eigenvalue weighted by atomic mass is 10.2. The molecule has 0 saturated heterocycles.